The molecule has 1 aliphatic heterocycles. The van der Waals surface area contributed by atoms with Crippen molar-refractivity contribution in [3.63, 3.8) is 0 Å². The fourth-order valence-corrected chi connectivity index (χ4v) is 3.53. The SMILES string of the molecule is COc1cccc(C(=O)NC2CCN(c3nccc(Nc4ccccc4F)n3)CC2)c1. The molecule has 2 heterocycles. The number of methoxy groups -OCH3 is 1. The molecule has 1 amide bonds. The fourth-order valence-electron chi connectivity index (χ4n) is 3.53. The smallest absolute Gasteiger partial charge is 0.251 e. The Morgan fingerprint density at radius 1 is 1.13 bits per heavy atom. The van der Waals surface area contributed by atoms with E-state index in [1.165, 1.54) is 6.07 Å². The van der Waals surface area contributed by atoms with E-state index in [0.717, 1.165) is 12.8 Å². The van der Waals surface area contributed by atoms with Gasteiger partial charge in [0.15, 0.2) is 0 Å². The quantitative estimate of drug-likeness (QED) is 0.631. The first-order chi connectivity index (χ1) is 15.1. The third-order valence-electron chi connectivity index (χ3n) is 5.22. The number of amides is 1. The Labute approximate surface area is 180 Å². The first-order valence-electron chi connectivity index (χ1n) is 10.2. The number of carbonyl (C=O) groups excluding carboxylic acids is 1. The summed E-state index contributed by atoms with van der Waals surface area (Å²) in [4.78, 5) is 23.5. The molecular weight excluding hydrogens is 397 g/mol. The average Bonchev–Trinajstić information content (AvgIpc) is 2.81. The van der Waals surface area contributed by atoms with Crippen LogP contribution in [0.4, 0.5) is 21.8 Å². The normalized spacial score (nSPS) is 14.2. The molecule has 160 valence electrons. The number of ether oxygens (including phenoxy) is 1. The first kappa shape index (κ1) is 20.6. The van der Waals surface area contributed by atoms with Crippen LogP contribution in [0.25, 0.3) is 0 Å². The summed E-state index contributed by atoms with van der Waals surface area (Å²) in [6, 6.07) is 15.4. The van der Waals surface area contributed by atoms with Gasteiger partial charge in [-0.1, -0.05) is 18.2 Å². The van der Waals surface area contributed by atoms with Crippen LogP contribution in [0.3, 0.4) is 0 Å². The van der Waals surface area contributed by atoms with E-state index < -0.39 is 0 Å². The van der Waals surface area contributed by atoms with Crippen molar-refractivity contribution in [1.29, 1.82) is 0 Å². The zero-order valence-corrected chi connectivity index (χ0v) is 17.2. The van der Waals surface area contributed by atoms with Gasteiger partial charge in [-0.2, -0.15) is 4.98 Å². The standard InChI is InChI=1S/C23H24FN5O2/c1-31-18-6-4-5-16(15-18)22(30)26-17-10-13-29(14-11-17)23-25-12-9-21(28-23)27-20-8-3-2-7-19(20)24/h2-9,12,15,17H,10-11,13-14H2,1H3,(H,26,30)(H,25,27,28). The van der Waals surface area contributed by atoms with Gasteiger partial charge in [0.05, 0.1) is 12.8 Å². The second-order valence-electron chi connectivity index (χ2n) is 7.31. The van der Waals surface area contributed by atoms with E-state index in [1.807, 2.05) is 6.07 Å². The van der Waals surface area contributed by atoms with Gasteiger partial charge in [0.1, 0.15) is 17.4 Å². The number of para-hydroxylation sites is 1. The molecule has 7 nitrogen and oxygen atoms in total. The molecular formula is C23H24FN5O2. The van der Waals surface area contributed by atoms with Gasteiger partial charge in [-0.05, 0) is 49.2 Å². The number of hydrogen-bond donors (Lipinski definition) is 2. The number of rotatable bonds is 6. The minimum Gasteiger partial charge on any atom is -0.497 e. The van der Waals surface area contributed by atoms with E-state index in [2.05, 4.69) is 25.5 Å². The molecule has 2 aromatic carbocycles. The molecule has 1 aliphatic rings. The van der Waals surface area contributed by atoms with Gasteiger partial charge < -0.3 is 20.3 Å². The molecule has 1 fully saturated rings. The van der Waals surface area contributed by atoms with Crippen molar-refractivity contribution < 1.29 is 13.9 Å². The maximum atomic E-state index is 13.9. The van der Waals surface area contributed by atoms with Gasteiger partial charge in [0, 0.05) is 30.9 Å². The van der Waals surface area contributed by atoms with E-state index in [4.69, 9.17) is 4.74 Å². The summed E-state index contributed by atoms with van der Waals surface area (Å²) in [5.41, 5.74) is 0.947. The molecule has 0 saturated carbocycles. The number of hydrogen-bond acceptors (Lipinski definition) is 6. The summed E-state index contributed by atoms with van der Waals surface area (Å²) in [6.45, 7) is 1.43. The van der Waals surface area contributed by atoms with Crippen molar-refractivity contribution in [3.8, 4) is 5.75 Å². The van der Waals surface area contributed by atoms with E-state index in [0.29, 0.717) is 41.9 Å². The van der Waals surface area contributed by atoms with E-state index in [1.54, 1.807) is 55.8 Å². The van der Waals surface area contributed by atoms with E-state index in [-0.39, 0.29) is 17.8 Å². The van der Waals surface area contributed by atoms with Crippen molar-refractivity contribution in [3.05, 3.63) is 72.2 Å². The average molecular weight is 421 g/mol. The van der Waals surface area contributed by atoms with Crippen LogP contribution in [-0.4, -0.2) is 42.1 Å². The number of nitrogens with zero attached hydrogens (tertiary/aromatic N) is 3. The Balaban J connectivity index is 1.34. The molecule has 0 aliphatic carbocycles. The van der Waals surface area contributed by atoms with Gasteiger partial charge in [-0.25, -0.2) is 9.37 Å². The molecule has 2 N–H and O–H groups in total. The molecule has 1 aromatic heterocycles. The van der Waals surface area contributed by atoms with E-state index in [9.17, 15) is 9.18 Å². The Kier molecular flexibility index (Phi) is 6.26. The van der Waals surface area contributed by atoms with Crippen LogP contribution in [0.15, 0.2) is 60.8 Å². The lowest BCUT2D eigenvalue weighted by molar-refractivity contribution is 0.0930. The fraction of sp³-hybridized carbons (Fsp3) is 0.261. The summed E-state index contributed by atoms with van der Waals surface area (Å²) in [5.74, 6) is 1.32. The number of carbonyl (C=O) groups is 1. The van der Waals surface area contributed by atoms with Gasteiger partial charge in [-0.15, -0.1) is 0 Å². The minimum absolute atomic E-state index is 0.0784. The van der Waals surface area contributed by atoms with Crippen molar-refractivity contribution in [2.75, 3.05) is 30.4 Å². The monoisotopic (exact) mass is 421 g/mol. The van der Waals surface area contributed by atoms with Crippen LogP contribution in [-0.2, 0) is 0 Å². The van der Waals surface area contributed by atoms with Crippen molar-refractivity contribution in [2.45, 2.75) is 18.9 Å². The third-order valence-corrected chi connectivity index (χ3v) is 5.22. The maximum absolute atomic E-state index is 13.9. The summed E-state index contributed by atoms with van der Waals surface area (Å²) >= 11 is 0. The lowest BCUT2D eigenvalue weighted by atomic mass is 10.0. The van der Waals surface area contributed by atoms with E-state index >= 15 is 0 Å². The topological polar surface area (TPSA) is 79.4 Å². The largest absolute Gasteiger partial charge is 0.497 e. The van der Waals surface area contributed by atoms with Crippen LogP contribution in [0.1, 0.15) is 23.2 Å². The van der Waals surface area contributed by atoms with Crippen molar-refractivity contribution in [2.24, 2.45) is 0 Å². The number of piperidine rings is 1. The number of nitrogens with one attached hydrogen (secondary N) is 2. The number of anilines is 3. The molecule has 3 aromatic rings. The molecule has 8 heteroatoms. The lowest BCUT2D eigenvalue weighted by Gasteiger charge is -2.32. The number of halogens is 1. The zero-order chi connectivity index (χ0) is 21.6. The highest BCUT2D eigenvalue weighted by atomic mass is 19.1. The van der Waals surface area contributed by atoms with Crippen LogP contribution < -0.4 is 20.3 Å². The summed E-state index contributed by atoms with van der Waals surface area (Å²) in [5, 5.41) is 6.09. The minimum atomic E-state index is -0.338. The number of benzene rings is 2. The van der Waals surface area contributed by atoms with Gasteiger partial charge >= 0.3 is 0 Å². The van der Waals surface area contributed by atoms with Crippen LogP contribution in [0.2, 0.25) is 0 Å². The molecule has 4 rings (SSSR count). The Morgan fingerprint density at radius 3 is 2.71 bits per heavy atom. The summed E-state index contributed by atoms with van der Waals surface area (Å²) in [7, 11) is 1.58. The highest BCUT2D eigenvalue weighted by Crippen LogP contribution is 2.21. The molecule has 0 bridgehead atoms. The third kappa shape index (κ3) is 5.09. The van der Waals surface area contributed by atoms with Crippen LogP contribution in [0, 0.1) is 5.82 Å². The van der Waals surface area contributed by atoms with Crippen molar-refractivity contribution >= 4 is 23.4 Å². The highest BCUT2D eigenvalue weighted by Gasteiger charge is 2.23. The Hall–Kier alpha value is -3.68. The molecule has 0 atom stereocenters. The lowest BCUT2D eigenvalue weighted by Crippen LogP contribution is -2.45. The second-order valence-corrected chi connectivity index (χ2v) is 7.31. The zero-order valence-electron chi connectivity index (χ0n) is 17.2. The molecule has 0 unspecified atom stereocenters. The molecule has 1 saturated heterocycles. The van der Waals surface area contributed by atoms with Gasteiger partial charge in [0.25, 0.3) is 5.91 Å². The maximum Gasteiger partial charge on any atom is 0.251 e. The van der Waals surface area contributed by atoms with Crippen LogP contribution >= 0.6 is 0 Å². The summed E-state index contributed by atoms with van der Waals surface area (Å²) < 4.78 is 19.1. The number of aromatic nitrogens is 2. The van der Waals surface area contributed by atoms with Crippen LogP contribution in [0.5, 0.6) is 5.75 Å². The Morgan fingerprint density at radius 2 is 1.94 bits per heavy atom. The molecule has 0 spiro atoms. The Bertz CT molecular complexity index is 1050. The van der Waals surface area contributed by atoms with Gasteiger partial charge in [-0.3, -0.25) is 4.79 Å². The highest BCUT2D eigenvalue weighted by molar-refractivity contribution is 5.94. The molecule has 31 heavy (non-hydrogen) atoms. The second kappa shape index (κ2) is 9.42. The summed E-state index contributed by atoms with van der Waals surface area (Å²) in [6.07, 6.45) is 3.22. The predicted molar refractivity (Wildman–Crippen MR) is 117 cm³/mol. The predicted octanol–water partition coefficient (Wildman–Crippen LogP) is 3.77. The molecule has 0 radical (unpaired) electrons. The first-order valence-corrected chi connectivity index (χ1v) is 10.2. The van der Waals surface area contributed by atoms with Crippen molar-refractivity contribution in [1.82, 2.24) is 15.3 Å². The van der Waals surface area contributed by atoms with Gasteiger partial charge in [0.2, 0.25) is 5.95 Å².